The fraction of sp³-hybridized carbons (Fsp3) is 0.300. The normalized spacial score (nSPS) is 12.0. The molecule has 0 aliphatic rings. The average Bonchev–Trinajstić information content (AvgIpc) is 3.17. The molecule has 1 N–H and O–H groups in total. The van der Waals surface area contributed by atoms with Gasteiger partial charge in [0.1, 0.15) is 6.04 Å². The topological polar surface area (TPSA) is 84.2 Å². The molecule has 1 atom stereocenters. The number of hydrogen-bond donors (Lipinski definition) is 1. The lowest BCUT2D eigenvalue weighted by atomic mass is 10.0. The van der Waals surface area contributed by atoms with Crippen LogP contribution >= 0.6 is 0 Å². The van der Waals surface area contributed by atoms with E-state index in [1.54, 1.807) is 12.4 Å². The smallest absolute Gasteiger partial charge is 0.249 e. The zero-order valence-corrected chi connectivity index (χ0v) is 15.7. The van der Waals surface area contributed by atoms with Crippen LogP contribution in [-0.4, -0.2) is 34.6 Å². The number of aromatic nitrogens is 3. The van der Waals surface area contributed by atoms with Gasteiger partial charge in [0, 0.05) is 30.7 Å². The molecule has 7 nitrogen and oxygen atoms in total. The van der Waals surface area contributed by atoms with Gasteiger partial charge in [-0.2, -0.15) is 4.98 Å². The zero-order chi connectivity index (χ0) is 19.2. The highest BCUT2D eigenvalue weighted by Gasteiger charge is 2.25. The van der Waals surface area contributed by atoms with Crippen molar-refractivity contribution >= 4 is 11.6 Å². The molecular formula is C20H23N5O2. The first-order chi connectivity index (χ1) is 13.0. The van der Waals surface area contributed by atoms with E-state index < -0.39 is 0 Å². The minimum absolute atomic E-state index is 0.0955. The summed E-state index contributed by atoms with van der Waals surface area (Å²) in [7, 11) is 1.88. The van der Waals surface area contributed by atoms with Crippen LogP contribution in [-0.2, 0) is 4.79 Å². The van der Waals surface area contributed by atoms with Crippen molar-refractivity contribution in [3.05, 3.63) is 60.7 Å². The first-order valence-electron chi connectivity index (χ1n) is 8.84. The largest absolute Gasteiger partial charge is 0.365 e. The van der Waals surface area contributed by atoms with Gasteiger partial charge >= 0.3 is 0 Å². The first kappa shape index (κ1) is 18.6. The third-order valence-electron chi connectivity index (χ3n) is 4.19. The van der Waals surface area contributed by atoms with Crippen molar-refractivity contribution in [1.82, 2.24) is 20.4 Å². The number of amides is 1. The highest BCUT2D eigenvalue weighted by Crippen LogP contribution is 2.23. The summed E-state index contributed by atoms with van der Waals surface area (Å²) in [6.45, 7) is 4.23. The molecule has 2 heterocycles. The number of anilines is 1. The number of nitrogens with zero attached hydrogens (tertiary/aromatic N) is 4. The summed E-state index contributed by atoms with van der Waals surface area (Å²) in [6, 6.07) is 13.1. The van der Waals surface area contributed by atoms with Crippen molar-refractivity contribution in [3.63, 3.8) is 0 Å². The predicted molar refractivity (Wildman–Crippen MR) is 103 cm³/mol. The molecule has 0 aliphatic heterocycles. The summed E-state index contributed by atoms with van der Waals surface area (Å²) in [4.78, 5) is 22.9. The molecule has 0 saturated carbocycles. The Morgan fingerprint density at radius 1 is 1.19 bits per heavy atom. The molecular weight excluding hydrogens is 342 g/mol. The first-order valence-corrected chi connectivity index (χ1v) is 8.84. The van der Waals surface area contributed by atoms with Crippen molar-refractivity contribution in [2.75, 3.05) is 18.5 Å². The van der Waals surface area contributed by atoms with Crippen molar-refractivity contribution in [3.8, 4) is 11.4 Å². The van der Waals surface area contributed by atoms with E-state index >= 15 is 0 Å². The van der Waals surface area contributed by atoms with Gasteiger partial charge in [-0.15, -0.1) is 0 Å². The molecule has 1 aromatic carbocycles. The van der Waals surface area contributed by atoms with Gasteiger partial charge in [0.25, 0.3) is 0 Å². The van der Waals surface area contributed by atoms with Crippen LogP contribution in [0, 0.1) is 5.92 Å². The Labute approximate surface area is 158 Å². The number of benzene rings is 1. The number of hydrogen-bond acceptors (Lipinski definition) is 6. The van der Waals surface area contributed by atoms with Gasteiger partial charge in [-0.05, 0) is 30.2 Å². The molecule has 3 rings (SSSR count). The maximum absolute atomic E-state index is 12.5. The zero-order valence-electron chi connectivity index (χ0n) is 15.7. The maximum Gasteiger partial charge on any atom is 0.249 e. The van der Waals surface area contributed by atoms with Crippen molar-refractivity contribution in [1.29, 1.82) is 0 Å². The molecule has 140 valence electrons. The van der Waals surface area contributed by atoms with Gasteiger partial charge in [0.2, 0.25) is 17.6 Å². The van der Waals surface area contributed by atoms with E-state index in [0.717, 1.165) is 11.3 Å². The predicted octanol–water partition coefficient (Wildman–Crippen LogP) is 3.08. The fourth-order valence-electron chi connectivity index (χ4n) is 2.70. The van der Waals surface area contributed by atoms with Crippen LogP contribution in [0.3, 0.4) is 0 Å². The lowest BCUT2D eigenvalue weighted by Crippen LogP contribution is -2.39. The second kappa shape index (κ2) is 8.44. The average molecular weight is 365 g/mol. The van der Waals surface area contributed by atoms with Gasteiger partial charge in [-0.3, -0.25) is 9.78 Å². The number of nitrogens with one attached hydrogen (secondary N) is 1. The summed E-state index contributed by atoms with van der Waals surface area (Å²) in [5.74, 6) is 0.832. The van der Waals surface area contributed by atoms with E-state index in [2.05, 4.69) is 20.4 Å². The van der Waals surface area contributed by atoms with E-state index in [0.29, 0.717) is 11.7 Å². The second-order valence-electron chi connectivity index (χ2n) is 6.68. The molecule has 0 saturated heterocycles. The Hall–Kier alpha value is -3.22. The van der Waals surface area contributed by atoms with E-state index in [-0.39, 0.29) is 24.4 Å². The molecule has 2 aromatic heterocycles. The lowest BCUT2D eigenvalue weighted by molar-refractivity contribution is -0.121. The van der Waals surface area contributed by atoms with Crippen LogP contribution in [0.15, 0.2) is 59.4 Å². The monoisotopic (exact) mass is 365 g/mol. The Morgan fingerprint density at radius 2 is 1.96 bits per heavy atom. The van der Waals surface area contributed by atoms with Crippen LogP contribution < -0.4 is 10.2 Å². The van der Waals surface area contributed by atoms with E-state index in [1.807, 2.05) is 68.3 Å². The van der Waals surface area contributed by atoms with Crippen molar-refractivity contribution in [2.45, 2.75) is 19.9 Å². The Kier molecular flexibility index (Phi) is 5.80. The molecule has 0 fully saturated rings. The van der Waals surface area contributed by atoms with Crippen LogP contribution in [0.1, 0.15) is 25.8 Å². The number of likely N-dealkylation sites (N-methyl/N-ethyl adjacent to an activating group) is 1. The van der Waals surface area contributed by atoms with Crippen LogP contribution in [0.5, 0.6) is 0 Å². The van der Waals surface area contributed by atoms with E-state index in [9.17, 15) is 4.79 Å². The number of carbonyl (C=O) groups is 1. The third kappa shape index (κ3) is 4.69. The van der Waals surface area contributed by atoms with Crippen LogP contribution in [0.2, 0.25) is 0 Å². The lowest BCUT2D eigenvalue weighted by Gasteiger charge is -2.22. The molecule has 0 radical (unpaired) electrons. The molecule has 0 aliphatic carbocycles. The van der Waals surface area contributed by atoms with E-state index in [1.165, 1.54) is 0 Å². The third-order valence-corrected chi connectivity index (χ3v) is 4.19. The Bertz CT molecular complexity index is 864. The Balaban J connectivity index is 1.69. The summed E-state index contributed by atoms with van der Waals surface area (Å²) in [5, 5.41) is 7.02. The van der Waals surface area contributed by atoms with Gasteiger partial charge in [0.15, 0.2) is 0 Å². The van der Waals surface area contributed by atoms with E-state index in [4.69, 9.17) is 4.52 Å². The minimum Gasteiger partial charge on any atom is -0.365 e. The SMILES string of the molecule is CC(C)C(NC(=O)CN(C)c1ccccc1)c1nc(-c2cccnc2)no1. The number of pyridine rings is 1. The van der Waals surface area contributed by atoms with Crippen molar-refractivity contribution in [2.24, 2.45) is 5.92 Å². The van der Waals surface area contributed by atoms with Crippen LogP contribution in [0.25, 0.3) is 11.4 Å². The summed E-state index contributed by atoms with van der Waals surface area (Å²) < 4.78 is 5.42. The molecule has 1 amide bonds. The maximum atomic E-state index is 12.5. The molecule has 27 heavy (non-hydrogen) atoms. The fourth-order valence-corrected chi connectivity index (χ4v) is 2.70. The highest BCUT2D eigenvalue weighted by molar-refractivity contribution is 5.81. The minimum atomic E-state index is -0.361. The highest BCUT2D eigenvalue weighted by atomic mass is 16.5. The van der Waals surface area contributed by atoms with Gasteiger partial charge in [-0.1, -0.05) is 37.2 Å². The number of carbonyl (C=O) groups excluding carboxylic acids is 1. The van der Waals surface area contributed by atoms with Gasteiger partial charge < -0.3 is 14.7 Å². The van der Waals surface area contributed by atoms with Gasteiger partial charge in [-0.25, -0.2) is 0 Å². The molecule has 0 bridgehead atoms. The van der Waals surface area contributed by atoms with Crippen molar-refractivity contribution < 1.29 is 9.32 Å². The molecule has 1 unspecified atom stereocenters. The standard InChI is InChI=1S/C20H23N5O2/c1-14(2)18(20-23-19(24-27-20)15-8-7-11-21-12-15)22-17(26)13-25(3)16-9-5-4-6-10-16/h4-12,14,18H,13H2,1-3H3,(H,22,26). The molecule has 3 aromatic rings. The Morgan fingerprint density at radius 3 is 2.63 bits per heavy atom. The molecule has 0 spiro atoms. The second-order valence-corrected chi connectivity index (χ2v) is 6.68. The van der Waals surface area contributed by atoms with Gasteiger partial charge in [0.05, 0.1) is 6.54 Å². The number of rotatable bonds is 7. The summed E-state index contributed by atoms with van der Waals surface area (Å²) in [6.07, 6.45) is 3.36. The molecule has 7 heteroatoms. The summed E-state index contributed by atoms with van der Waals surface area (Å²) in [5.41, 5.74) is 1.75. The van der Waals surface area contributed by atoms with Crippen LogP contribution in [0.4, 0.5) is 5.69 Å². The summed E-state index contributed by atoms with van der Waals surface area (Å²) >= 11 is 0. The number of para-hydroxylation sites is 1. The quantitative estimate of drug-likeness (QED) is 0.693.